The molecule has 26 heavy (non-hydrogen) atoms. The van der Waals surface area contributed by atoms with Crippen LogP contribution in [-0.4, -0.2) is 62.7 Å². The second kappa shape index (κ2) is 11.3. The van der Waals surface area contributed by atoms with Gasteiger partial charge in [0.15, 0.2) is 5.96 Å². The molecule has 2 atom stereocenters. The average molecular weight is 379 g/mol. The second-order valence-electron chi connectivity index (χ2n) is 6.77. The summed E-state index contributed by atoms with van der Waals surface area (Å²) in [5.41, 5.74) is 1.33. The number of aliphatic imine (C=N–C) groups is 1. The SMILES string of the molecule is CN=C(NCC(C)SC)NCC(c1ccc(OC)cc1)N1CCCCC1. The molecule has 146 valence electrons. The largest absolute Gasteiger partial charge is 0.497 e. The molecule has 1 aliphatic rings. The van der Waals surface area contributed by atoms with E-state index < -0.39 is 0 Å². The minimum absolute atomic E-state index is 0.345. The van der Waals surface area contributed by atoms with Gasteiger partial charge in [-0.25, -0.2) is 0 Å². The maximum absolute atomic E-state index is 5.31. The maximum atomic E-state index is 5.31. The normalized spacial score (nSPS) is 18.2. The van der Waals surface area contributed by atoms with Crippen LogP contribution >= 0.6 is 11.8 Å². The third-order valence-corrected chi connectivity index (χ3v) is 5.95. The minimum Gasteiger partial charge on any atom is -0.497 e. The molecule has 1 aromatic rings. The Labute approximate surface area is 163 Å². The first kappa shape index (κ1) is 20.9. The monoisotopic (exact) mass is 378 g/mol. The molecular formula is C20H34N4OS. The van der Waals surface area contributed by atoms with Crippen LogP contribution in [0.2, 0.25) is 0 Å². The smallest absolute Gasteiger partial charge is 0.191 e. The summed E-state index contributed by atoms with van der Waals surface area (Å²) in [6, 6.07) is 8.83. The van der Waals surface area contributed by atoms with Gasteiger partial charge in [0, 0.05) is 25.4 Å². The molecule has 2 rings (SSSR count). The van der Waals surface area contributed by atoms with Crippen LogP contribution in [0.1, 0.15) is 37.8 Å². The van der Waals surface area contributed by atoms with Crippen molar-refractivity contribution in [3.05, 3.63) is 29.8 Å². The van der Waals surface area contributed by atoms with Gasteiger partial charge < -0.3 is 15.4 Å². The van der Waals surface area contributed by atoms with E-state index in [4.69, 9.17) is 4.74 Å². The zero-order chi connectivity index (χ0) is 18.8. The van der Waals surface area contributed by atoms with E-state index in [-0.39, 0.29) is 0 Å². The first-order valence-corrected chi connectivity index (χ1v) is 10.8. The van der Waals surface area contributed by atoms with E-state index in [9.17, 15) is 0 Å². The van der Waals surface area contributed by atoms with E-state index >= 15 is 0 Å². The van der Waals surface area contributed by atoms with Gasteiger partial charge in [-0.05, 0) is 49.9 Å². The number of nitrogens with one attached hydrogen (secondary N) is 2. The summed E-state index contributed by atoms with van der Waals surface area (Å²) in [6.07, 6.45) is 6.05. The van der Waals surface area contributed by atoms with E-state index in [2.05, 4.69) is 58.0 Å². The number of likely N-dealkylation sites (tertiary alicyclic amines) is 1. The highest BCUT2D eigenvalue weighted by molar-refractivity contribution is 7.99. The summed E-state index contributed by atoms with van der Waals surface area (Å²) in [4.78, 5) is 6.97. The zero-order valence-corrected chi connectivity index (χ0v) is 17.4. The maximum Gasteiger partial charge on any atom is 0.191 e. The quantitative estimate of drug-likeness (QED) is 0.538. The Morgan fingerprint density at radius 3 is 2.38 bits per heavy atom. The Hall–Kier alpha value is -1.40. The first-order valence-electron chi connectivity index (χ1n) is 9.53. The molecule has 0 radical (unpaired) electrons. The van der Waals surface area contributed by atoms with Gasteiger partial charge in [0.2, 0.25) is 0 Å². The van der Waals surface area contributed by atoms with Gasteiger partial charge in [0.1, 0.15) is 5.75 Å². The van der Waals surface area contributed by atoms with Gasteiger partial charge in [-0.3, -0.25) is 9.89 Å². The Bertz CT molecular complexity index is 543. The highest BCUT2D eigenvalue weighted by Crippen LogP contribution is 2.25. The Morgan fingerprint density at radius 1 is 1.15 bits per heavy atom. The van der Waals surface area contributed by atoms with Gasteiger partial charge in [-0.1, -0.05) is 25.5 Å². The van der Waals surface area contributed by atoms with E-state index in [1.165, 1.54) is 24.8 Å². The van der Waals surface area contributed by atoms with E-state index in [0.29, 0.717) is 11.3 Å². The van der Waals surface area contributed by atoms with Crippen LogP contribution in [0.25, 0.3) is 0 Å². The highest BCUT2D eigenvalue weighted by Gasteiger charge is 2.22. The molecule has 0 amide bonds. The van der Waals surface area contributed by atoms with Gasteiger partial charge in [0.05, 0.1) is 13.2 Å². The molecule has 1 saturated heterocycles. The topological polar surface area (TPSA) is 48.9 Å². The number of thioether (sulfide) groups is 1. The van der Waals surface area contributed by atoms with Crippen molar-refractivity contribution >= 4 is 17.7 Å². The van der Waals surface area contributed by atoms with Gasteiger partial charge in [0.25, 0.3) is 0 Å². The lowest BCUT2D eigenvalue weighted by molar-refractivity contribution is 0.164. The van der Waals surface area contributed by atoms with Gasteiger partial charge >= 0.3 is 0 Å². The number of guanidine groups is 1. The standard InChI is InChI=1S/C20H34N4OS/c1-16(26-4)14-22-20(21-2)23-15-19(24-12-6-5-7-13-24)17-8-10-18(25-3)11-9-17/h8-11,16,19H,5-7,12-15H2,1-4H3,(H2,21,22,23). The molecule has 0 spiro atoms. The molecule has 1 heterocycles. The van der Waals surface area contributed by atoms with Crippen molar-refractivity contribution in [1.82, 2.24) is 15.5 Å². The van der Waals surface area contributed by atoms with Crippen LogP contribution in [-0.2, 0) is 0 Å². The molecule has 5 nitrogen and oxygen atoms in total. The van der Waals surface area contributed by atoms with Crippen LogP contribution in [0, 0.1) is 0 Å². The van der Waals surface area contributed by atoms with Crippen LogP contribution in [0.15, 0.2) is 29.3 Å². The number of hydrogen-bond acceptors (Lipinski definition) is 4. The third kappa shape index (κ3) is 6.40. The van der Waals surface area contributed by atoms with E-state index in [0.717, 1.165) is 37.9 Å². The number of hydrogen-bond donors (Lipinski definition) is 2. The lowest BCUT2D eigenvalue weighted by Crippen LogP contribution is -2.45. The number of nitrogens with zero attached hydrogens (tertiary/aromatic N) is 2. The Morgan fingerprint density at radius 2 is 1.81 bits per heavy atom. The number of benzene rings is 1. The van der Waals surface area contributed by atoms with E-state index in [1.54, 1.807) is 7.11 Å². The van der Waals surface area contributed by atoms with Crippen molar-refractivity contribution < 1.29 is 4.74 Å². The third-order valence-electron chi connectivity index (χ3n) is 4.98. The Balaban J connectivity index is 2.03. The van der Waals surface area contributed by atoms with Crippen LogP contribution in [0.5, 0.6) is 5.75 Å². The number of rotatable bonds is 8. The molecule has 0 bridgehead atoms. The summed E-state index contributed by atoms with van der Waals surface area (Å²) < 4.78 is 5.31. The molecule has 2 unspecified atom stereocenters. The average Bonchev–Trinajstić information content (AvgIpc) is 2.71. The molecule has 1 fully saturated rings. The highest BCUT2D eigenvalue weighted by atomic mass is 32.2. The van der Waals surface area contributed by atoms with Crippen molar-refractivity contribution in [2.45, 2.75) is 37.5 Å². The predicted octanol–water partition coefficient (Wildman–Crippen LogP) is 3.14. The minimum atomic E-state index is 0.345. The van der Waals surface area contributed by atoms with Crippen molar-refractivity contribution in [3.63, 3.8) is 0 Å². The Kier molecular flexibility index (Phi) is 9.12. The fourth-order valence-electron chi connectivity index (χ4n) is 3.25. The van der Waals surface area contributed by atoms with Crippen LogP contribution < -0.4 is 15.4 Å². The summed E-state index contributed by atoms with van der Waals surface area (Å²) >= 11 is 1.86. The number of piperidine rings is 1. The van der Waals surface area contributed by atoms with E-state index in [1.807, 2.05) is 18.8 Å². The van der Waals surface area contributed by atoms with Crippen molar-refractivity contribution in [2.75, 3.05) is 46.6 Å². The van der Waals surface area contributed by atoms with Gasteiger partial charge in [-0.2, -0.15) is 11.8 Å². The fourth-order valence-corrected chi connectivity index (χ4v) is 3.50. The van der Waals surface area contributed by atoms with Crippen LogP contribution in [0.4, 0.5) is 0 Å². The molecule has 1 aliphatic heterocycles. The van der Waals surface area contributed by atoms with Crippen LogP contribution in [0.3, 0.4) is 0 Å². The summed E-state index contributed by atoms with van der Waals surface area (Å²) in [5.74, 6) is 1.78. The zero-order valence-electron chi connectivity index (χ0n) is 16.6. The second-order valence-corrected chi connectivity index (χ2v) is 8.04. The first-order chi connectivity index (χ1) is 12.7. The summed E-state index contributed by atoms with van der Waals surface area (Å²) in [6.45, 7) is 6.30. The summed E-state index contributed by atoms with van der Waals surface area (Å²) in [7, 11) is 3.55. The van der Waals surface area contributed by atoms with Crippen molar-refractivity contribution in [2.24, 2.45) is 4.99 Å². The number of methoxy groups -OCH3 is 1. The molecule has 0 aromatic heterocycles. The molecule has 0 aliphatic carbocycles. The fraction of sp³-hybridized carbons (Fsp3) is 0.650. The molecule has 6 heteroatoms. The van der Waals surface area contributed by atoms with Crippen molar-refractivity contribution in [3.8, 4) is 5.75 Å². The van der Waals surface area contributed by atoms with Gasteiger partial charge in [-0.15, -0.1) is 0 Å². The molecule has 0 saturated carbocycles. The lowest BCUT2D eigenvalue weighted by Gasteiger charge is -2.35. The molecule has 1 aromatic carbocycles. The molecule has 2 N–H and O–H groups in total. The molecular weight excluding hydrogens is 344 g/mol. The lowest BCUT2D eigenvalue weighted by atomic mass is 10.0. The number of ether oxygens (including phenoxy) is 1. The van der Waals surface area contributed by atoms with Crippen molar-refractivity contribution in [1.29, 1.82) is 0 Å². The summed E-state index contributed by atoms with van der Waals surface area (Å²) in [5, 5.41) is 7.52. The predicted molar refractivity (Wildman–Crippen MR) is 114 cm³/mol.